The van der Waals surface area contributed by atoms with Gasteiger partial charge in [0.25, 0.3) is 0 Å². The first-order valence-corrected chi connectivity index (χ1v) is 8.19. The molecule has 1 saturated carbocycles. The van der Waals surface area contributed by atoms with Crippen LogP contribution >= 0.6 is 24.0 Å². The zero-order valence-corrected chi connectivity index (χ0v) is 15.4. The van der Waals surface area contributed by atoms with Gasteiger partial charge in [-0.3, -0.25) is 4.79 Å². The first kappa shape index (κ1) is 20.1. The summed E-state index contributed by atoms with van der Waals surface area (Å²) in [4.78, 5) is 14.3. The lowest BCUT2D eigenvalue weighted by Crippen LogP contribution is -2.39. The zero-order chi connectivity index (χ0) is 16.2. The highest BCUT2D eigenvalue weighted by atomic mass is 35.5. The Morgan fingerprint density at radius 1 is 1.35 bits per heavy atom. The molecule has 1 fully saturated rings. The van der Waals surface area contributed by atoms with Crippen LogP contribution in [0.5, 0.6) is 5.75 Å². The number of amides is 1. The van der Waals surface area contributed by atoms with E-state index in [1.54, 1.807) is 31.2 Å². The molecule has 130 valence electrons. The van der Waals surface area contributed by atoms with Crippen molar-refractivity contribution in [1.29, 1.82) is 0 Å². The lowest BCUT2D eigenvalue weighted by molar-refractivity contribution is -0.121. The molecule has 2 N–H and O–H groups in total. The number of hydrogen-bond acceptors (Lipinski definition) is 3. The van der Waals surface area contributed by atoms with Crippen LogP contribution in [0.15, 0.2) is 18.2 Å². The molecule has 0 heterocycles. The molecule has 0 radical (unpaired) electrons. The van der Waals surface area contributed by atoms with Crippen LogP contribution in [0, 0.1) is 5.41 Å². The highest BCUT2D eigenvalue weighted by molar-refractivity contribution is 6.32. The minimum Gasteiger partial charge on any atom is -0.495 e. The molecule has 6 heteroatoms. The number of anilines is 1. The van der Waals surface area contributed by atoms with Gasteiger partial charge in [0.15, 0.2) is 0 Å². The molecule has 0 bridgehead atoms. The summed E-state index contributed by atoms with van der Waals surface area (Å²) in [7, 11) is 3.36. The molecule has 1 aliphatic carbocycles. The van der Waals surface area contributed by atoms with Crippen LogP contribution in [-0.4, -0.2) is 26.6 Å². The van der Waals surface area contributed by atoms with Gasteiger partial charge in [0, 0.05) is 19.2 Å². The summed E-state index contributed by atoms with van der Waals surface area (Å²) < 4.78 is 5.14. The molecule has 4 nitrogen and oxygen atoms in total. The van der Waals surface area contributed by atoms with Gasteiger partial charge in [-0.05, 0) is 43.0 Å². The SMILES string of the molecule is COc1ccc(N(C)C(=O)CC2(CN)CCCCC2)cc1Cl.Cl. The second-order valence-corrected chi connectivity index (χ2v) is 6.62. The van der Waals surface area contributed by atoms with Crippen molar-refractivity contribution in [3.8, 4) is 5.75 Å². The van der Waals surface area contributed by atoms with Crippen molar-refractivity contribution in [2.45, 2.75) is 38.5 Å². The molecule has 1 aromatic carbocycles. The standard InChI is InChI=1S/C17H25ClN2O2.ClH/c1-20(13-6-7-15(22-2)14(18)10-13)16(21)11-17(12-19)8-4-3-5-9-17;/h6-7,10H,3-5,8-9,11-12,19H2,1-2H3;1H. The number of nitrogens with zero attached hydrogens (tertiary/aromatic N) is 1. The normalized spacial score (nSPS) is 16.3. The summed E-state index contributed by atoms with van der Waals surface area (Å²) >= 11 is 6.14. The van der Waals surface area contributed by atoms with E-state index in [2.05, 4.69) is 0 Å². The third kappa shape index (κ3) is 4.75. The van der Waals surface area contributed by atoms with Crippen molar-refractivity contribution >= 4 is 35.6 Å². The van der Waals surface area contributed by atoms with Crippen LogP contribution < -0.4 is 15.4 Å². The number of methoxy groups -OCH3 is 1. The third-order valence-electron chi connectivity index (χ3n) is 4.77. The lowest BCUT2D eigenvalue weighted by atomic mass is 9.71. The molecule has 1 aromatic rings. The van der Waals surface area contributed by atoms with Gasteiger partial charge >= 0.3 is 0 Å². The average Bonchev–Trinajstić information content (AvgIpc) is 2.54. The summed E-state index contributed by atoms with van der Waals surface area (Å²) in [5.74, 6) is 0.700. The van der Waals surface area contributed by atoms with E-state index < -0.39 is 0 Å². The Kier molecular flexibility index (Phi) is 7.65. The number of carbonyl (C=O) groups excluding carboxylic acids is 1. The maximum Gasteiger partial charge on any atom is 0.227 e. The molecular formula is C17H26Cl2N2O2. The Morgan fingerprint density at radius 2 is 2.00 bits per heavy atom. The quantitative estimate of drug-likeness (QED) is 0.861. The maximum absolute atomic E-state index is 12.6. The van der Waals surface area contributed by atoms with Crippen LogP contribution in [0.25, 0.3) is 0 Å². The van der Waals surface area contributed by atoms with E-state index >= 15 is 0 Å². The average molecular weight is 361 g/mol. The van der Waals surface area contributed by atoms with Crippen molar-refractivity contribution < 1.29 is 9.53 Å². The molecule has 23 heavy (non-hydrogen) atoms. The number of halogens is 2. The molecule has 0 saturated heterocycles. The van der Waals surface area contributed by atoms with Crippen LogP contribution in [-0.2, 0) is 4.79 Å². The van der Waals surface area contributed by atoms with Gasteiger partial charge in [0.1, 0.15) is 5.75 Å². The van der Waals surface area contributed by atoms with E-state index in [-0.39, 0.29) is 23.7 Å². The fourth-order valence-corrected chi connectivity index (χ4v) is 3.45. The summed E-state index contributed by atoms with van der Waals surface area (Å²) in [5.41, 5.74) is 6.73. The minimum atomic E-state index is -0.0279. The van der Waals surface area contributed by atoms with Crippen molar-refractivity contribution in [2.75, 3.05) is 25.6 Å². The number of hydrogen-bond donors (Lipinski definition) is 1. The van der Waals surface area contributed by atoms with Crippen molar-refractivity contribution in [1.82, 2.24) is 0 Å². The van der Waals surface area contributed by atoms with E-state index in [1.807, 2.05) is 6.07 Å². The summed E-state index contributed by atoms with van der Waals surface area (Å²) in [6.07, 6.45) is 6.19. The molecule has 0 aromatic heterocycles. The van der Waals surface area contributed by atoms with Gasteiger partial charge < -0.3 is 15.4 Å². The Hall–Kier alpha value is -0.970. The van der Waals surface area contributed by atoms with Crippen molar-refractivity contribution in [3.63, 3.8) is 0 Å². The van der Waals surface area contributed by atoms with Crippen LogP contribution in [0.3, 0.4) is 0 Å². The van der Waals surface area contributed by atoms with Crippen molar-refractivity contribution in [3.05, 3.63) is 23.2 Å². The first-order chi connectivity index (χ1) is 10.5. The summed E-state index contributed by atoms with van der Waals surface area (Å²) in [6.45, 7) is 0.579. The largest absolute Gasteiger partial charge is 0.495 e. The molecular weight excluding hydrogens is 335 g/mol. The van der Waals surface area contributed by atoms with E-state index in [4.69, 9.17) is 22.1 Å². The Morgan fingerprint density at radius 3 is 2.52 bits per heavy atom. The summed E-state index contributed by atoms with van der Waals surface area (Å²) in [6, 6.07) is 5.38. The first-order valence-electron chi connectivity index (χ1n) is 7.81. The highest BCUT2D eigenvalue weighted by Gasteiger charge is 2.34. The van der Waals surface area contributed by atoms with Gasteiger partial charge in [0.2, 0.25) is 5.91 Å². The molecule has 0 spiro atoms. The highest BCUT2D eigenvalue weighted by Crippen LogP contribution is 2.39. The van der Waals surface area contributed by atoms with Gasteiger partial charge in [-0.1, -0.05) is 30.9 Å². The lowest BCUT2D eigenvalue weighted by Gasteiger charge is -2.36. The molecule has 0 atom stereocenters. The fourth-order valence-electron chi connectivity index (χ4n) is 3.20. The monoisotopic (exact) mass is 360 g/mol. The molecule has 1 amide bonds. The summed E-state index contributed by atoms with van der Waals surface area (Å²) in [5, 5.41) is 0.505. The van der Waals surface area contributed by atoms with E-state index in [1.165, 1.54) is 19.3 Å². The van der Waals surface area contributed by atoms with Gasteiger partial charge in [-0.25, -0.2) is 0 Å². The van der Waals surface area contributed by atoms with Gasteiger partial charge in [-0.2, -0.15) is 0 Å². The second kappa shape index (κ2) is 8.76. The minimum absolute atomic E-state index is 0. The smallest absolute Gasteiger partial charge is 0.227 e. The van der Waals surface area contributed by atoms with Gasteiger partial charge in [-0.15, -0.1) is 12.4 Å². The fraction of sp³-hybridized carbons (Fsp3) is 0.588. The van der Waals surface area contributed by atoms with E-state index in [0.29, 0.717) is 23.7 Å². The molecule has 0 unspecified atom stereocenters. The number of nitrogens with two attached hydrogens (primary N) is 1. The van der Waals surface area contributed by atoms with Gasteiger partial charge in [0.05, 0.1) is 12.1 Å². The Balaban J connectivity index is 0.00000264. The Bertz CT molecular complexity index is 531. The van der Waals surface area contributed by atoms with Crippen molar-refractivity contribution in [2.24, 2.45) is 11.1 Å². The predicted octanol–water partition coefficient (Wildman–Crippen LogP) is 4.03. The third-order valence-corrected chi connectivity index (χ3v) is 5.07. The Labute approximate surface area is 149 Å². The maximum atomic E-state index is 12.6. The number of ether oxygens (including phenoxy) is 1. The number of benzene rings is 1. The zero-order valence-electron chi connectivity index (χ0n) is 13.8. The van der Waals surface area contributed by atoms with Crippen LogP contribution in [0.1, 0.15) is 38.5 Å². The van der Waals surface area contributed by atoms with Crippen LogP contribution in [0.2, 0.25) is 5.02 Å². The number of carbonyl (C=O) groups is 1. The predicted molar refractivity (Wildman–Crippen MR) is 97.9 cm³/mol. The molecule has 2 rings (SSSR count). The number of rotatable bonds is 5. The topological polar surface area (TPSA) is 55.6 Å². The van der Waals surface area contributed by atoms with E-state index in [0.717, 1.165) is 18.5 Å². The molecule has 1 aliphatic rings. The molecule has 0 aliphatic heterocycles. The second-order valence-electron chi connectivity index (χ2n) is 6.21. The van der Waals surface area contributed by atoms with E-state index in [9.17, 15) is 4.79 Å². The van der Waals surface area contributed by atoms with Crippen LogP contribution in [0.4, 0.5) is 5.69 Å².